The minimum Gasteiger partial charge on any atom is -0.493 e. The molecule has 0 aromatic carbocycles. The van der Waals surface area contributed by atoms with E-state index < -0.39 is 0 Å². The standard InChI is InChI=1S/C11H17NO2S/c1-9-10(8-15)12-5-4-11(9)14-7-3-6-13-2/h4-5,15H,3,6-8H2,1-2H3. The first-order valence-corrected chi connectivity index (χ1v) is 5.60. The number of hydrogen-bond donors (Lipinski definition) is 1. The quantitative estimate of drug-likeness (QED) is 0.597. The molecule has 0 aliphatic carbocycles. The van der Waals surface area contributed by atoms with Gasteiger partial charge in [0.1, 0.15) is 5.75 Å². The molecule has 3 nitrogen and oxygen atoms in total. The lowest BCUT2D eigenvalue weighted by Crippen LogP contribution is -2.03. The van der Waals surface area contributed by atoms with Crippen LogP contribution in [0.5, 0.6) is 5.75 Å². The van der Waals surface area contributed by atoms with Crippen molar-refractivity contribution in [2.75, 3.05) is 20.3 Å². The van der Waals surface area contributed by atoms with Crippen molar-refractivity contribution in [3.63, 3.8) is 0 Å². The van der Waals surface area contributed by atoms with E-state index in [1.165, 1.54) is 0 Å². The molecular weight excluding hydrogens is 210 g/mol. The van der Waals surface area contributed by atoms with Gasteiger partial charge in [-0.1, -0.05) is 0 Å². The molecule has 0 saturated carbocycles. The van der Waals surface area contributed by atoms with Gasteiger partial charge in [-0.25, -0.2) is 0 Å². The van der Waals surface area contributed by atoms with E-state index in [0.717, 1.165) is 30.0 Å². The van der Waals surface area contributed by atoms with Crippen molar-refractivity contribution in [2.45, 2.75) is 19.1 Å². The summed E-state index contributed by atoms with van der Waals surface area (Å²) in [6.07, 6.45) is 2.65. The van der Waals surface area contributed by atoms with Crippen LogP contribution in [0.3, 0.4) is 0 Å². The van der Waals surface area contributed by atoms with Gasteiger partial charge in [0.25, 0.3) is 0 Å². The zero-order valence-corrected chi connectivity index (χ0v) is 10.1. The predicted octanol–water partition coefficient (Wildman–Crippen LogP) is 2.24. The minimum absolute atomic E-state index is 0.640. The summed E-state index contributed by atoms with van der Waals surface area (Å²) in [6, 6.07) is 1.88. The molecule has 84 valence electrons. The van der Waals surface area contributed by atoms with Gasteiger partial charge in [-0.2, -0.15) is 12.6 Å². The van der Waals surface area contributed by atoms with E-state index in [9.17, 15) is 0 Å². The van der Waals surface area contributed by atoms with Gasteiger partial charge in [0.2, 0.25) is 0 Å². The molecule has 0 spiro atoms. The van der Waals surface area contributed by atoms with E-state index in [1.54, 1.807) is 13.3 Å². The second kappa shape index (κ2) is 6.69. The second-order valence-electron chi connectivity index (χ2n) is 3.23. The van der Waals surface area contributed by atoms with Crippen LogP contribution < -0.4 is 4.74 Å². The Morgan fingerprint density at radius 1 is 1.40 bits per heavy atom. The lowest BCUT2D eigenvalue weighted by Gasteiger charge is -2.10. The van der Waals surface area contributed by atoms with Crippen molar-refractivity contribution < 1.29 is 9.47 Å². The highest BCUT2D eigenvalue weighted by atomic mass is 32.1. The van der Waals surface area contributed by atoms with E-state index in [-0.39, 0.29) is 0 Å². The van der Waals surface area contributed by atoms with Crippen molar-refractivity contribution in [3.05, 3.63) is 23.5 Å². The van der Waals surface area contributed by atoms with Crippen LogP contribution in [-0.2, 0) is 10.5 Å². The normalized spacial score (nSPS) is 10.3. The van der Waals surface area contributed by atoms with Crippen molar-refractivity contribution in [1.29, 1.82) is 0 Å². The minimum atomic E-state index is 0.640. The Labute approximate surface area is 96.2 Å². The zero-order valence-electron chi connectivity index (χ0n) is 9.19. The molecule has 0 unspecified atom stereocenters. The summed E-state index contributed by atoms with van der Waals surface area (Å²) in [5, 5.41) is 0. The molecule has 0 bridgehead atoms. The Balaban J connectivity index is 2.53. The fourth-order valence-electron chi connectivity index (χ4n) is 1.26. The van der Waals surface area contributed by atoms with Gasteiger partial charge < -0.3 is 9.47 Å². The summed E-state index contributed by atoms with van der Waals surface area (Å²) in [6.45, 7) is 3.40. The van der Waals surface area contributed by atoms with E-state index in [4.69, 9.17) is 9.47 Å². The number of pyridine rings is 1. The fraction of sp³-hybridized carbons (Fsp3) is 0.545. The maximum absolute atomic E-state index is 5.63. The van der Waals surface area contributed by atoms with E-state index >= 15 is 0 Å². The highest BCUT2D eigenvalue weighted by molar-refractivity contribution is 7.79. The fourth-order valence-corrected chi connectivity index (χ4v) is 1.58. The Hall–Kier alpha value is -0.740. The number of nitrogens with zero attached hydrogens (tertiary/aromatic N) is 1. The molecule has 15 heavy (non-hydrogen) atoms. The molecule has 0 radical (unpaired) electrons. The molecule has 0 atom stereocenters. The first-order chi connectivity index (χ1) is 7.29. The number of aromatic nitrogens is 1. The Bertz CT molecular complexity index is 305. The molecule has 0 fully saturated rings. The third kappa shape index (κ3) is 3.72. The van der Waals surface area contributed by atoms with Crippen LogP contribution in [0, 0.1) is 6.92 Å². The molecular formula is C11H17NO2S. The first kappa shape index (κ1) is 12.3. The summed E-state index contributed by atoms with van der Waals surface area (Å²) in [4.78, 5) is 4.22. The van der Waals surface area contributed by atoms with Crippen molar-refractivity contribution in [1.82, 2.24) is 4.98 Å². The summed E-state index contributed by atoms with van der Waals surface area (Å²) >= 11 is 4.21. The molecule has 1 heterocycles. The Morgan fingerprint density at radius 2 is 2.20 bits per heavy atom. The van der Waals surface area contributed by atoms with Gasteiger partial charge in [0.05, 0.1) is 12.3 Å². The van der Waals surface area contributed by atoms with Gasteiger partial charge in [-0.05, 0) is 13.0 Å². The number of thiol groups is 1. The van der Waals surface area contributed by atoms with Gasteiger partial charge in [-0.15, -0.1) is 0 Å². The molecule has 4 heteroatoms. The van der Waals surface area contributed by atoms with E-state index in [0.29, 0.717) is 12.4 Å². The average molecular weight is 227 g/mol. The molecule has 1 aromatic heterocycles. The van der Waals surface area contributed by atoms with Crippen LogP contribution in [0.4, 0.5) is 0 Å². The second-order valence-corrected chi connectivity index (χ2v) is 3.55. The zero-order chi connectivity index (χ0) is 11.1. The average Bonchev–Trinajstić information content (AvgIpc) is 2.26. The van der Waals surface area contributed by atoms with Gasteiger partial charge in [0, 0.05) is 37.7 Å². The topological polar surface area (TPSA) is 31.4 Å². The largest absolute Gasteiger partial charge is 0.493 e. The molecule has 0 saturated heterocycles. The van der Waals surface area contributed by atoms with Crippen molar-refractivity contribution >= 4 is 12.6 Å². The van der Waals surface area contributed by atoms with E-state index in [1.807, 2.05) is 13.0 Å². The predicted molar refractivity (Wildman–Crippen MR) is 63.7 cm³/mol. The van der Waals surface area contributed by atoms with Crippen LogP contribution in [0.15, 0.2) is 12.3 Å². The monoisotopic (exact) mass is 227 g/mol. The van der Waals surface area contributed by atoms with Crippen LogP contribution in [0.25, 0.3) is 0 Å². The SMILES string of the molecule is COCCCOc1ccnc(CS)c1C. The maximum Gasteiger partial charge on any atom is 0.125 e. The summed E-state index contributed by atoms with van der Waals surface area (Å²) in [5.41, 5.74) is 2.05. The lowest BCUT2D eigenvalue weighted by atomic mass is 10.2. The molecule has 1 rings (SSSR count). The number of hydrogen-bond acceptors (Lipinski definition) is 4. The smallest absolute Gasteiger partial charge is 0.125 e. The summed E-state index contributed by atoms with van der Waals surface area (Å²) in [5.74, 6) is 1.53. The van der Waals surface area contributed by atoms with Crippen LogP contribution in [0.1, 0.15) is 17.7 Å². The molecule has 0 aliphatic heterocycles. The third-order valence-corrected chi connectivity index (χ3v) is 2.46. The van der Waals surface area contributed by atoms with Gasteiger partial charge in [0.15, 0.2) is 0 Å². The highest BCUT2D eigenvalue weighted by Gasteiger charge is 2.04. The van der Waals surface area contributed by atoms with Crippen LogP contribution in [0.2, 0.25) is 0 Å². The third-order valence-electron chi connectivity index (χ3n) is 2.16. The maximum atomic E-state index is 5.63. The lowest BCUT2D eigenvalue weighted by molar-refractivity contribution is 0.172. The Morgan fingerprint density at radius 3 is 2.87 bits per heavy atom. The summed E-state index contributed by atoms with van der Waals surface area (Å²) in [7, 11) is 1.69. The van der Waals surface area contributed by atoms with Crippen molar-refractivity contribution in [2.24, 2.45) is 0 Å². The number of rotatable bonds is 6. The first-order valence-electron chi connectivity index (χ1n) is 4.96. The summed E-state index contributed by atoms with van der Waals surface area (Å²) < 4.78 is 10.6. The van der Waals surface area contributed by atoms with Gasteiger partial charge >= 0.3 is 0 Å². The van der Waals surface area contributed by atoms with Crippen LogP contribution in [-0.4, -0.2) is 25.3 Å². The van der Waals surface area contributed by atoms with Crippen molar-refractivity contribution in [3.8, 4) is 5.75 Å². The highest BCUT2D eigenvalue weighted by Crippen LogP contribution is 2.20. The number of methoxy groups -OCH3 is 1. The molecule has 0 aliphatic rings. The molecule has 0 amide bonds. The van der Waals surface area contributed by atoms with E-state index in [2.05, 4.69) is 17.6 Å². The number of ether oxygens (including phenoxy) is 2. The molecule has 0 N–H and O–H groups in total. The Kier molecular flexibility index (Phi) is 5.50. The van der Waals surface area contributed by atoms with Crippen LogP contribution >= 0.6 is 12.6 Å². The molecule has 1 aromatic rings. The van der Waals surface area contributed by atoms with Gasteiger partial charge in [-0.3, -0.25) is 4.98 Å².